The zero-order valence-electron chi connectivity index (χ0n) is 11.6. The highest BCUT2D eigenvalue weighted by atomic mass is 16.1. The molecule has 1 aromatic carbocycles. The van der Waals surface area contributed by atoms with Crippen molar-refractivity contribution in [3.63, 3.8) is 0 Å². The molecule has 19 heavy (non-hydrogen) atoms. The molecule has 100 valence electrons. The van der Waals surface area contributed by atoms with Crippen LogP contribution in [0, 0.1) is 6.92 Å². The molecule has 0 aliphatic heterocycles. The Balaban J connectivity index is 2.06. The summed E-state index contributed by atoms with van der Waals surface area (Å²) in [5.41, 5.74) is 2.24. The highest BCUT2D eigenvalue weighted by molar-refractivity contribution is 5.82. The Kier molecular flexibility index (Phi) is 4.10. The molecule has 0 aliphatic carbocycles. The van der Waals surface area contributed by atoms with Gasteiger partial charge >= 0.3 is 0 Å². The van der Waals surface area contributed by atoms with Gasteiger partial charge in [-0.1, -0.05) is 24.3 Å². The summed E-state index contributed by atoms with van der Waals surface area (Å²) in [7, 11) is 0. The average molecular weight is 257 g/mol. The first-order valence-electron chi connectivity index (χ1n) is 6.52. The molecule has 0 saturated carbocycles. The van der Waals surface area contributed by atoms with Crippen LogP contribution in [-0.4, -0.2) is 20.5 Å². The first-order valence-corrected chi connectivity index (χ1v) is 6.52. The number of hydrogen-bond acceptors (Lipinski definition) is 3. The van der Waals surface area contributed by atoms with E-state index in [4.69, 9.17) is 0 Å². The number of hydrogen-bond donors (Lipinski definition) is 0. The van der Waals surface area contributed by atoms with E-state index >= 15 is 0 Å². The SMILES string of the molecule is Cc1ccccc1CC(=O)Cc1ncnn1C(C)C. The summed E-state index contributed by atoms with van der Waals surface area (Å²) in [6.07, 6.45) is 2.31. The van der Waals surface area contributed by atoms with Crippen LogP contribution in [0.5, 0.6) is 0 Å². The average Bonchev–Trinajstić information content (AvgIpc) is 2.80. The van der Waals surface area contributed by atoms with Crippen LogP contribution in [0.4, 0.5) is 0 Å². The number of Topliss-reactive ketones (excluding diaryl/α,β-unsaturated/α-hetero) is 1. The number of carbonyl (C=O) groups excluding carboxylic acids is 1. The standard InChI is InChI=1S/C15H19N3O/c1-11(2)18-15(16-10-17-18)9-14(19)8-13-7-5-4-6-12(13)3/h4-7,10-11H,8-9H2,1-3H3. The van der Waals surface area contributed by atoms with Crippen LogP contribution in [0.15, 0.2) is 30.6 Å². The third-order valence-corrected chi connectivity index (χ3v) is 3.14. The minimum absolute atomic E-state index is 0.171. The number of ketones is 1. The Morgan fingerprint density at radius 2 is 2.00 bits per heavy atom. The molecule has 0 saturated heterocycles. The van der Waals surface area contributed by atoms with Gasteiger partial charge in [-0.05, 0) is 31.9 Å². The van der Waals surface area contributed by atoms with E-state index in [1.165, 1.54) is 6.33 Å². The van der Waals surface area contributed by atoms with Crippen LogP contribution in [-0.2, 0) is 17.6 Å². The number of nitrogens with zero attached hydrogens (tertiary/aromatic N) is 3. The molecular formula is C15H19N3O. The molecule has 0 unspecified atom stereocenters. The van der Waals surface area contributed by atoms with Crippen molar-refractivity contribution in [1.82, 2.24) is 14.8 Å². The molecule has 0 amide bonds. The lowest BCUT2D eigenvalue weighted by Crippen LogP contribution is -2.14. The normalized spacial score (nSPS) is 10.9. The van der Waals surface area contributed by atoms with Crippen LogP contribution in [0.25, 0.3) is 0 Å². The van der Waals surface area contributed by atoms with E-state index < -0.39 is 0 Å². The third-order valence-electron chi connectivity index (χ3n) is 3.14. The first kappa shape index (κ1) is 13.5. The van der Waals surface area contributed by atoms with E-state index in [0.717, 1.165) is 17.0 Å². The second-order valence-electron chi connectivity index (χ2n) is 5.03. The Hall–Kier alpha value is -1.97. The van der Waals surface area contributed by atoms with E-state index in [1.807, 2.05) is 45.0 Å². The number of aromatic nitrogens is 3. The van der Waals surface area contributed by atoms with E-state index in [1.54, 1.807) is 4.68 Å². The fourth-order valence-electron chi connectivity index (χ4n) is 2.09. The highest BCUT2D eigenvalue weighted by Crippen LogP contribution is 2.11. The summed E-state index contributed by atoms with van der Waals surface area (Å²) in [6.45, 7) is 6.09. The number of benzene rings is 1. The van der Waals surface area contributed by atoms with Gasteiger partial charge < -0.3 is 0 Å². The third kappa shape index (κ3) is 3.28. The Morgan fingerprint density at radius 1 is 1.26 bits per heavy atom. The Labute approximate surface area is 113 Å². The molecular weight excluding hydrogens is 238 g/mol. The van der Waals surface area contributed by atoms with Crippen LogP contribution in [0.3, 0.4) is 0 Å². The smallest absolute Gasteiger partial charge is 0.144 e. The summed E-state index contributed by atoms with van der Waals surface area (Å²) >= 11 is 0. The fourth-order valence-corrected chi connectivity index (χ4v) is 2.09. The second-order valence-corrected chi connectivity index (χ2v) is 5.03. The van der Waals surface area contributed by atoms with Crippen molar-refractivity contribution in [2.45, 2.75) is 39.7 Å². The lowest BCUT2D eigenvalue weighted by atomic mass is 10.0. The van der Waals surface area contributed by atoms with Crippen LogP contribution in [0.1, 0.15) is 36.8 Å². The predicted molar refractivity (Wildman–Crippen MR) is 74.0 cm³/mol. The number of aryl methyl sites for hydroxylation is 1. The van der Waals surface area contributed by atoms with Gasteiger partial charge in [0.05, 0.1) is 6.42 Å². The van der Waals surface area contributed by atoms with Crippen molar-refractivity contribution in [3.05, 3.63) is 47.5 Å². The molecule has 4 nitrogen and oxygen atoms in total. The Morgan fingerprint density at radius 3 is 2.68 bits per heavy atom. The monoisotopic (exact) mass is 257 g/mol. The summed E-state index contributed by atoms with van der Waals surface area (Å²) in [5.74, 6) is 0.915. The van der Waals surface area contributed by atoms with Gasteiger partial charge in [0.25, 0.3) is 0 Å². The largest absolute Gasteiger partial charge is 0.299 e. The van der Waals surface area contributed by atoms with Crippen molar-refractivity contribution < 1.29 is 4.79 Å². The van der Waals surface area contributed by atoms with E-state index in [9.17, 15) is 4.79 Å². The molecule has 0 fully saturated rings. The summed E-state index contributed by atoms with van der Waals surface area (Å²) < 4.78 is 1.80. The molecule has 0 radical (unpaired) electrons. The van der Waals surface area contributed by atoms with Gasteiger partial charge in [0, 0.05) is 12.5 Å². The number of rotatable bonds is 5. The molecule has 0 bridgehead atoms. The quantitative estimate of drug-likeness (QED) is 0.827. The van der Waals surface area contributed by atoms with Crippen molar-refractivity contribution in [2.24, 2.45) is 0 Å². The zero-order valence-corrected chi connectivity index (χ0v) is 11.6. The molecule has 2 aromatic rings. The zero-order chi connectivity index (χ0) is 13.8. The summed E-state index contributed by atoms with van der Waals surface area (Å²) in [5, 5.41) is 4.15. The molecule has 0 spiro atoms. The topological polar surface area (TPSA) is 47.8 Å². The fraction of sp³-hybridized carbons (Fsp3) is 0.400. The molecule has 1 heterocycles. The van der Waals surface area contributed by atoms with E-state index in [-0.39, 0.29) is 11.8 Å². The van der Waals surface area contributed by atoms with Crippen molar-refractivity contribution in [2.75, 3.05) is 0 Å². The molecule has 2 rings (SSSR count). The van der Waals surface area contributed by atoms with E-state index in [0.29, 0.717) is 12.8 Å². The van der Waals surface area contributed by atoms with Crippen LogP contribution >= 0.6 is 0 Å². The molecule has 1 aromatic heterocycles. The van der Waals surface area contributed by atoms with Crippen LogP contribution in [0.2, 0.25) is 0 Å². The second kappa shape index (κ2) is 5.78. The Bertz CT molecular complexity index is 572. The van der Waals surface area contributed by atoms with Gasteiger partial charge in [-0.3, -0.25) is 4.79 Å². The van der Waals surface area contributed by atoms with Crippen molar-refractivity contribution in [3.8, 4) is 0 Å². The predicted octanol–water partition coefficient (Wildman–Crippen LogP) is 2.52. The van der Waals surface area contributed by atoms with Gasteiger partial charge in [-0.15, -0.1) is 0 Å². The van der Waals surface area contributed by atoms with E-state index in [2.05, 4.69) is 10.1 Å². The lowest BCUT2D eigenvalue weighted by Gasteiger charge is -2.09. The summed E-state index contributed by atoms with van der Waals surface area (Å²) in [4.78, 5) is 16.3. The molecule has 0 N–H and O–H groups in total. The number of carbonyl (C=O) groups is 1. The maximum Gasteiger partial charge on any atom is 0.144 e. The van der Waals surface area contributed by atoms with Crippen molar-refractivity contribution in [1.29, 1.82) is 0 Å². The minimum Gasteiger partial charge on any atom is -0.299 e. The van der Waals surface area contributed by atoms with Crippen LogP contribution < -0.4 is 0 Å². The van der Waals surface area contributed by atoms with Gasteiger partial charge in [0.1, 0.15) is 17.9 Å². The molecule has 4 heteroatoms. The molecule has 0 aliphatic rings. The van der Waals surface area contributed by atoms with Gasteiger partial charge in [-0.25, -0.2) is 9.67 Å². The van der Waals surface area contributed by atoms with Gasteiger partial charge in [0.15, 0.2) is 0 Å². The molecule has 0 atom stereocenters. The summed E-state index contributed by atoms with van der Waals surface area (Å²) in [6, 6.07) is 8.20. The highest BCUT2D eigenvalue weighted by Gasteiger charge is 2.13. The van der Waals surface area contributed by atoms with Gasteiger partial charge in [-0.2, -0.15) is 5.10 Å². The lowest BCUT2D eigenvalue weighted by molar-refractivity contribution is -0.118. The minimum atomic E-state index is 0.171. The van der Waals surface area contributed by atoms with Crippen molar-refractivity contribution >= 4 is 5.78 Å². The first-order chi connectivity index (χ1) is 9.08. The maximum atomic E-state index is 12.1. The maximum absolute atomic E-state index is 12.1. The van der Waals surface area contributed by atoms with Gasteiger partial charge in [0.2, 0.25) is 0 Å².